The zero-order valence-electron chi connectivity index (χ0n) is 19.4. The molecule has 0 bridgehead atoms. The van der Waals surface area contributed by atoms with Gasteiger partial charge in [0, 0.05) is 0 Å². The second-order valence-corrected chi connectivity index (χ2v) is 9.63. The minimum absolute atomic E-state index is 0.0408. The number of benzene rings is 2. The summed E-state index contributed by atoms with van der Waals surface area (Å²) in [5.74, 6) is 0.268. The normalized spacial score (nSPS) is 11.5. The largest absolute Gasteiger partial charge is 0.484 e. The van der Waals surface area contributed by atoms with Crippen LogP contribution in [-0.2, 0) is 15.0 Å². The predicted octanol–water partition coefficient (Wildman–Crippen LogP) is 4.31. The van der Waals surface area contributed by atoms with Crippen LogP contribution in [0.15, 0.2) is 48.5 Å². The lowest BCUT2D eigenvalue weighted by molar-refractivity contribution is -0.131. The van der Waals surface area contributed by atoms with Crippen LogP contribution in [0.5, 0.6) is 11.5 Å². The highest BCUT2D eigenvalue weighted by molar-refractivity contribution is 5.83. The summed E-state index contributed by atoms with van der Waals surface area (Å²) >= 11 is 0. The SMILES string of the molecule is Cc1ccc(OCC(=O)NNC(=O)COc2ccc(C(C)(C)CC(C)(C)C)cc2)cc1. The number of hydrazine groups is 1. The van der Waals surface area contributed by atoms with E-state index in [0.29, 0.717) is 11.5 Å². The molecule has 2 rings (SSSR count). The van der Waals surface area contributed by atoms with E-state index in [1.807, 2.05) is 43.3 Å². The van der Waals surface area contributed by atoms with Crippen LogP contribution < -0.4 is 20.3 Å². The molecule has 31 heavy (non-hydrogen) atoms. The Balaban J connectivity index is 1.73. The number of carbonyl (C=O) groups excluding carboxylic acids is 2. The summed E-state index contributed by atoms with van der Waals surface area (Å²) in [7, 11) is 0. The minimum Gasteiger partial charge on any atom is -0.484 e. The van der Waals surface area contributed by atoms with Crippen LogP contribution in [-0.4, -0.2) is 25.0 Å². The lowest BCUT2D eigenvalue weighted by Crippen LogP contribution is -2.45. The van der Waals surface area contributed by atoms with Crippen molar-refractivity contribution in [2.45, 2.75) is 53.4 Å². The van der Waals surface area contributed by atoms with Gasteiger partial charge in [-0.25, -0.2) is 0 Å². The van der Waals surface area contributed by atoms with E-state index < -0.39 is 11.8 Å². The molecule has 2 N–H and O–H groups in total. The van der Waals surface area contributed by atoms with Gasteiger partial charge in [-0.15, -0.1) is 0 Å². The standard InChI is InChI=1S/C25H34N2O4/c1-18-7-11-20(12-8-18)30-15-22(28)26-27-23(29)16-31-21-13-9-19(10-14-21)25(5,6)17-24(2,3)4/h7-14H,15-17H2,1-6H3,(H,26,28)(H,27,29). The summed E-state index contributed by atoms with van der Waals surface area (Å²) in [5, 5.41) is 0. The molecule has 0 atom stereocenters. The Hall–Kier alpha value is -3.02. The molecule has 0 aliphatic carbocycles. The summed E-state index contributed by atoms with van der Waals surface area (Å²) in [6.45, 7) is 12.7. The van der Waals surface area contributed by atoms with E-state index in [1.54, 1.807) is 12.1 Å². The minimum atomic E-state index is -0.459. The van der Waals surface area contributed by atoms with Crippen LogP contribution in [0.25, 0.3) is 0 Å². The van der Waals surface area contributed by atoms with Crippen molar-refractivity contribution in [1.82, 2.24) is 10.9 Å². The van der Waals surface area contributed by atoms with Gasteiger partial charge in [0.2, 0.25) is 0 Å². The third-order valence-electron chi connectivity index (χ3n) is 4.71. The van der Waals surface area contributed by atoms with E-state index in [1.165, 1.54) is 5.56 Å². The number of carbonyl (C=O) groups is 2. The van der Waals surface area contributed by atoms with Gasteiger partial charge in [-0.05, 0) is 54.0 Å². The van der Waals surface area contributed by atoms with Gasteiger partial charge >= 0.3 is 0 Å². The first-order valence-electron chi connectivity index (χ1n) is 10.5. The van der Waals surface area contributed by atoms with Gasteiger partial charge in [-0.3, -0.25) is 20.4 Å². The van der Waals surface area contributed by atoms with Gasteiger partial charge in [0.1, 0.15) is 11.5 Å². The number of hydrogen-bond acceptors (Lipinski definition) is 4. The van der Waals surface area contributed by atoms with Crippen molar-refractivity contribution in [2.75, 3.05) is 13.2 Å². The fourth-order valence-corrected chi connectivity index (χ4v) is 3.57. The molecular weight excluding hydrogens is 392 g/mol. The van der Waals surface area contributed by atoms with Crippen LogP contribution in [0, 0.1) is 12.3 Å². The third-order valence-corrected chi connectivity index (χ3v) is 4.71. The van der Waals surface area contributed by atoms with Crippen molar-refractivity contribution in [3.05, 3.63) is 59.7 Å². The average Bonchev–Trinajstić information content (AvgIpc) is 2.69. The summed E-state index contributed by atoms with van der Waals surface area (Å²) in [6, 6.07) is 15.1. The lowest BCUT2D eigenvalue weighted by atomic mass is 9.72. The molecule has 0 aliphatic heterocycles. The molecule has 168 valence electrons. The Morgan fingerprint density at radius 1 is 0.742 bits per heavy atom. The lowest BCUT2D eigenvalue weighted by Gasteiger charge is -2.33. The van der Waals surface area contributed by atoms with Crippen molar-refractivity contribution >= 4 is 11.8 Å². The molecule has 2 aromatic carbocycles. The number of rotatable bonds is 8. The summed E-state index contributed by atoms with van der Waals surface area (Å²) in [4.78, 5) is 23.7. The van der Waals surface area contributed by atoms with Crippen molar-refractivity contribution < 1.29 is 19.1 Å². The highest BCUT2D eigenvalue weighted by Gasteiger charge is 2.27. The number of aryl methyl sites for hydroxylation is 1. The number of amides is 2. The topological polar surface area (TPSA) is 76.7 Å². The van der Waals surface area contributed by atoms with Crippen LogP contribution in [0.1, 0.15) is 52.2 Å². The highest BCUT2D eigenvalue weighted by atomic mass is 16.5. The Morgan fingerprint density at radius 2 is 1.16 bits per heavy atom. The maximum absolute atomic E-state index is 11.9. The average molecular weight is 427 g/mol. The quantitative estimate of drug-likeness (QED) is 0.617. The van der Waals surface area contributed by atoms with E-state index in [4.69, 9.17) is 9.47 Å². The zero-order valence-corrected chi connectivity index (χ0v) is 19.4. The summed E-state index contributed by atoms with van der Waals surface area (Å²) in [6.07, 6.45) is 1.05. The summed E-state index contributed by atoms with van der Waals surface area (Å²) < 4.78 is 10.9. The van der Waals surface area contributed by atoms with Crippen LogP contribution >= 0.6 is 0 Å². The smallest absolute Gasteiger partial charge is 0.276 e. The molecule has 0 radical (unpaired) electrons. The van der Waals surface area contributed by atoms with E-state index in [0.717, 1.165) is 12.0 Å². The molecule has 0 unspecified atom stereocenters. The predicted molar refractivity (Wildman–Crippen MR) is 122 cm³/mol. The van der Waals surface area contributed by atoms with Crippen LogP contribution in [0.4, 0.5) is 0 Å². The molecule has 0 aliphatic rings. The van der Waals surface area contributed by atoms with E-state index in [9.17, 15) is 9.59 Å². The molecule has 0 spiro atoms. The first-order valence-corrected chi connectivity index (χ1v) is 10.5. The van der Waals surface area contributed by atoms with E-state index >= 15 is 0 Å². The van der Waals surface area contributed by atoms with Gasteiger partial charge in [-0.2, -0.15) is 0 Å². The highest BCUT2D eigenvalue weighted by Crippen LogP contribution is 2.36. The fourth-order valence-electron chi connectivity index (χ4n) is 3.57. The second kappa shape index (κ2) is 10.3. The van der Waals surface area contributed by atoms with Crippen molar-refractivity contribution in [3.63, 3.8) is 0 Å². The molecule has 2 aromatic rings. The van der Waals surface area contributed by atoms with Crippen LogP contribution in [0.2, 0.25) is 0 Å². The van der Waals surface area contributed by atoms with Gasteiger partial charge in [-0.1, -0.05) is 64.4 Å². The first-order chi connectivity index (χ1) is 14.4. The van der Waals surface area contributed by atoms with Crippen molar-refractivity contribution in [3.8, 4) is 11.5 Å². The molecule has 6 nitrogen and oxygen atoms in total. The maximum atomic E-state index is 11.9. The monoisotopic (exact) mass is 426 g/mol. The Morgan fingerprint density at radius 3 is 1.58 bits per heavy atom. The molecule has 0 aromatic heterocycles. The molecular formula is C25H34N2O4. The van der Waals surface area contributed by atoms with E-state index in [2.05, 4.69) is 45.5 Å². The number of hydrogen-bond donors (Lipinski definition) is 2. The Kier molecular flexibility index (Phi) is 8.08. The number of nitrogens with one attached hydrogen (secondary N) is 2. The number of ether oxygens (including phenoxy) is 2. The third kappa shape index (κ3) is 8.70. The second-order valence-electron chi connectivity index (χ2n) is 9.63. The van der Waals surface area contributed by atoms with Crippen molar-refractivity contribution in [1.29, 1.82) is 0 Å². The zero-order chi connectivity index (χ0) is 23.1. The van der Waals surface area contributed by atoms with Gasteiger partial charge in [0.15, 0.2) is 13.2 Å². The summed E-state index contributed by atoms with van der Waals surface area (Å²) in [5.41, 5.74) is 7.22. The molecule has 0 saturated carbocycles. The van der Waals surface area contributed by atoms with Crippen LogP contribution in [0.3, 0.4) is 0 Å². The van der Waals surface area contributed by atoms with Crippen molar-refractivity contribution in [2.24, 2.45) is 5.41 Å². The molecule has 0 heterocycles. The van der Waals surface area contributed by atoms with Gasteiger partial charge < -0.3 is 9.47 Å². The Labute approximate surface area is 185 Å². The van der Waals surface area contributed by atoms with E-state index in [-0.39, 0.29) is 24.0 Å². The molecule has 0 fully saturated rings. The maximum Gasteiger partial charge on any atom is 0.276 e. The van der Waals surface area contributed by atoms with Gasteiger partial charge in [0.05, 0.1) is 0 Å². The molecule has 2 amide bonds. The van der Waals surface area contributed by atoms with Gasteiger partial charge in [0.25, 0.3) is 11.8 Å². The molecule has 6 heteroatoms. The first kappa shape index (κ1) is 24.3. The molecule has 0 saturated heterocycles. The Bertz CT molecular complexity index is 866. The fraction of sp³-hybridized carbons (Fsp3) is 0.440.